The highest BCUT2D eigenvalue weighted by atomic mass is 16.5. The van der Waals surface area contributed by atoms with Crippen molar-refractivity contribution in [1.82, 2.24) is 9.55 Å². The van der Waals surface area contributed by atoms with E-state index in [1.54, 1.807) is 13.1 Å². The van der Waals surface area contributed by atoms with Gasteiger partial charge in [-0.25, -0.2) is 4.79 Å². The van der Waals surface area contributed by atoms with Crippen LogP contribution in [0.5, 0.6) is 5.75 Å². The van der Waals surface area contributed by atoms with E-state index in [0.717, 1.165) is 11.3 Å². The van der Waals surface area contributed by atoms with Crippen molar-refractivity contribution in [2.45, 2.75) is 26.5 Å². The van der Waals surface area contributed by atoms with Gasteiger partial charge in [0.2, 0.25) is 0 Å². The third-order valence-electron chi connectivity index (χ3n) is 3.73. The minimum Gasteiger partial charge on any atom is -0.490 e. The fourth-order valence-corrected chi connectivity index (χ4v) is 2.30. The Kier molecular flexibility index (Phi) is 6.34. The summed E-state index contributed by atoms with van der Waals surface area (Å²) in [6.07, 6.45) is 0.950. The quantitative estimate of drug-likeness (QED) is 0.548. The number of hydrogen-bond acceptors (Lipinski definition) is 4. The zero-order chi connectivity index (χ0) is 17.5. The van der Waals surface area contributed by atoms with Crippen LogP contribution in [0.25, 0.3) is 0 Å². The minimum atomic E-state index is -0.598. The number of benzene rings is 1. The number of nitrogens with two attached hydrogens (primary N) is 1. The monoisotopic (exact) mass is 334 g/mol. The van der Waals surface area contributed by atoms with Crippen LogP contribution in [-0.4, -0.2) is 40.5 Å². The molecular formula is C17H24N3O4+. The van der Waals surface area contributed by atoms with Gasteiger partial charge in [0.1, 0.15) is 25.0 Å². The van der Waals surface area contributed by atoms with Crippen molar-refractivity contribution in [2.75, 3.05) is 19.7 Å². The third kappa shape index (κ3) is 5.07. The normalized spacial score (nSPS) is 12.1. The number of aromatic amines is 1. The summed E-state index contributed by atoms with van der Waals surface area (Å²) in [4.78, 5) is 25.2. The summed E-state index contributed by atoms with van der Waals surface area (Å²) in [6, 6.07) is 7.66. The second-order valence-electron chi connectivity index (χ2n) is 5.81. The number of aromatic nitrogens is 2. The highest BCUT2D eigenvalue weighted by Gasteiger charge is 2.09. The number of hydrogen-bond donors (Lipinski definition) is 3. The summed E-state index contributed by atoms with van der Waals surface area (Å²) < 4.78 is 7.06. The molecule has 0 aliphatic heterocycles. The Hall–Kier alpha value is -2.38. The predicted octanol–water partition coefficient (Wildman–Crippen LogP) is -0.843. The molecule has 1 atom stereocenters. The Morgan fingerprint density at radius 2 is 2.00 bits per heavy atom. The van der Waals surface area contributed by atoms with Gasteiger partial charge in [-0.1, -0.05) is 18.2 Å². The van der Waals surface area contributed by atoms with E-state index >= 15 is 0 Å². The van der Waals surface area contributed by atoms with Crippen molar-refractivity contribution in [1.29, 1.82) is 0 Å². The van der Waals surface area contributed by atoms with Crippen molar-refractivity contribution in [3.05, 3.63) is 62.4 Å². The first-order chi connectivity index (χ1) is 11.5. The lowest BCUT2D eigenvalue weighted by molar-refractivity contribution is -0.662. The number of ether oxygens (including phenoxy) is 1. The van der Waals surface area contributed by atoms with Crippen LogP contribution in [0.4, 0.5) is 0 Å². The van der Waals surface area contributed by atoms with Crippen LogP contribution in [-0.2, 0) is 6.54 Å². The van der Waals surface area contributed by atoms with Gasteiger partial charge in [0, 0.05) is 11.8 Å². The zero-order valence-electron chi connectivity index (χ0n) is 14.0. The second-order valence-corrected chi connectivity index (χ2v) is 5.81. The third-order valence-corrected chi connectivity index (χ3v) is 3.73. The van der Waals surface area contributed by atoms with Gasteiger partial charge in [-0.05, 0) is 25.5 Å². The number of quaternary nitrogens is 1. The molecular weight excluding hydrogens is 310 g/mol. The lowest BCUT2D eigenvalue weighted by Crippen LogP contribution is -2.87. The highest BCUT2D eigenvalue weighted by Crippen LogP contribution is 2.15. The van der Waals surface area contributed by atoms with Crippen molar-refractivity contribution < 1.29 is 15.2 Å². The molecule has 0 spiro atoms. The Bertz CT molecular complexity index is 782. The van der Waals surface area contributed by atoms with Crippen molar-refractivity contribution in [2.24, 2.45) is 0 Å². The summed E-state index contributed by atoms with van der Waals surface area (Å²) in [7, 11) is 0. The minimum absolute atomic E-state index is 0.221. The molecule has 0 radical (unpaired) electrons. The Morgan fingerprint density at radius 1 is 1.25 bits per heavy atom. The Labute approximate surface area is 139 Å². The molecule has 1 aromatic heterocycles. The summed E-state index contributed by atoms with van der Waals surface area (Å²) >= 11 is 0. The molecule has 2 aromatic rings. The largest absolute Gasteiger partial charge is 0.490 e. The van der Waals surface area contributed by atoms with E-state index in [1.165, 1.54) is 4.57 Å². The lowest BCUT2D eigenvalue weighted by atomic mass is 10.2. The smallest absolute Gasteiger partial charge is 0.328 e. The first kappa shape index (κ1) is 18.0. The summed E-state index contributed by atoms with van der Waals surface area (Å²) in [5, 5.41) is 11.9. The highest BCUT2D eigenvalue weighted by molar-refractivity contribution is 5.31. The SMILES string of the molecule is Cc1ccccc1OC[C@H](O)C[NH2+]CCn1cc(C)c(=O)[nH]c1=O. The number of para-hydroxylation sites is 1. The number of aryl methyl sites for hydroxylation is 2. The first-order valence-corrected chi connectivity index (χ1v) is 7.96. The fraction of sp³-hybridized carbons (Fsp3) is 0.412. The molecule has 7 heteroatoms. The van der Waals surface area contributed by atoms with E-state index in [1.807, 2.05) is 36.5 Å². The van der Waals surface area contributed by atoms with E-state index in [2.05, 4.69) is 4.98 Å². The van der Waals surface area contributed by atoms with Crippen LogP contribution < -0.4 is 21.3 Å². The molecule has 4 N–H and O–H groups in total. The van der Waals surface area contributed by atoms with Gasteiger partial charge in [-0.3, -0.25) is 14.3 Å². The van der Waals surface area contributed by atoms with Crippen molar-refractivity contribution in [3.63, 3.8) is 0 Å². The molecule has 0 amide bonds. The maximum absolute atomic E-state index is 11.6. The predicted molar refractivity (Wildman–Crippen MR) is 90.4 cm³/mol. The van der Waals surface area contributed by atoms with Crippen LogP contribution in [0.1, 0.15) is 11.1 Å². The molecule has 0 fully saturated rings. The van der Waals surface area contributed by atoms with Gasteiger partial charge in [0.15, 0.2) is 0 Å². The maximum Gasteiger partial charge on any atom is 0.328 e. The molecule has 24 heavy (non-hydrogen) atoms. The molecule has 0 aliphatic carbocycles. The molecule has 0 aliphatic rings. The molecule has 1 heterocycles. The number of nitrogens with one attached hydrogen (secondary N) is 1. The summed E-state index contributed by atoms with van der Waals surface area (Å²) in [5.41, 5.74) is 0.759. The van der Waals surface area contributed by atoms with Gasteiger partial charge in [-0.15, -0.1) is 0 Å². The van der Waals surface area contributed by atoms with Gasteiger partial charge in [0.05, 0.1) is 13.1 Å². The van der Waals surface area contributed by atoms with E-state index in [-0.39, 0.29) is 12.2 Å². The van der Waals surface area contributed by atoms with E-state index < -0.39 is 11.8 Å². The Morgan fingerprint density at radius 3 is 2.75 bits per heavy atom. The molecule has 0 unspecified atom stereocenters. The van der Waals surface area contributed by atoms with E-state index in [0.29, 0.717) is 25.2 Å². The first-order valence-electron chi connectivity index (χ1n) is 7.96. The number of rotatable bonds is 8. The number of nitrogens with zero attached hydrogens (tertiary/aromatic N) is 1. The average Bonchev–Trinajstić information content (AvgIpc) is 2.55. The molecule has 2 rings (SSSR count). The van der Waals surface area contributed by atoms with Crippen LogP contribution in [0, 0.1) is 13.8 Å². The van der Waals surface area contributed by atoms with Gasteiger partial charge >= 0.3 is 5.69 Å². The van der Waals surface area contributed by atoms with Gasteiger partial charge in [-0.2, -0.15) is 0 Å². The zero-order valence-corrected chi connectivity index (χ0v) is 14.0. The van der Waals surface area contributed by atoms with E-state index in [9.17, 15) is 14.7 Å². The molecule has 0 bridgehead atoms. The Balaban J connectivity index is 1.72. The topological polar surface area (TPSA) is 101 Å². The fourth-order valence-electron chi connectivity index (χ4n) is 2.30. The van der Waals surface area contributed by atoms with Crippen LogP contribution in [0.15, 0.2) is 40.1 Å². The summed E-state index contributed by atoms with van der Waals surface area (Å²) in [5.74, 6) is 0.770. The van der Waals surface area contributed by atoms with Crippen LogP contribution in [0.3, 0.4) is 0 Å². The van der Waals surface area contributed by atoms with Crippen LogP contribution in [0.2, 0.25) is 0 Å². The lowest BCUT2D eigenvalue weighted by Gasteiger charge is -2.13. The summed E-state index contributed by atoms with van der Waals surface area (Å²) in [6.45, 7) is 5.39. The van der Waals surface area contributed by atoms with Gasteiger partial charge in [0.25, 0.3) is 5.56 Å². The van der Waals surface area contributed by atoms with Gasteiger partial charge < -0.3 is 15.2 Å². The average molecular weight is 334 g/mol. The molecule has 7 nitrogen and oxygen atoms in total. The standard InChI is InChI=1S/C17H23N3O4/c1-12-5-3-4-6-15(12)24-11-14(21)9-18-7-8-20-10-13(2)16(22)19-17(20)23/h3-6,10,14,18,21H,7-9,11H2,1-2H3,(H,19,22,23)/p+1/t14-/m1/s1. The van der Waals surface area contributed by atoms with Crippen molar-refractivity contribution >= 4 is 0 Å². The molecule has 0 saturated carbocycles. The number of aliphatic hydroxyl groups is 1. The second kappa shape index (κ2) is 8.47. The molecule has 1 aromatic carbocycles. The van der Waals surface area contributed by atoms with E-state index in [4.69, 9.17) is 4.74 Å². The van der Waals surface area contributed by atoms with Crippen molar-refractivity contribution in [3.8, 4) is 5.75 Å². The molecule has 130 valence electrons. The number of H-pyrrole nitrogens is 1. The molecule has 0 saturated heterocycles. The van der Waals surface area contributed by atoms with Crippen LogP contribution >= 0.6 is 0 Å². The maximum atomic E-state index is 11.6. The number of aliphatic hydroxyl groups excluding tert-OH is 1.